The minimum atomic E-state index is -1.19. The van der Waals surface area contributed by atoms with Gasteiger partial charge in [0.05, 0.1) is 28.2 Å². The molecule has 4 aromatic rings. The van der Waals surface area contributed by atoms with Gasteiger partial charge in [-0.15, -0.1) is 0 Å². The molecule has 1 spiro atoms. The largest absolute Gasteiger partial charge is 0.462 e. The van der Waals surface area contributed by atoms with Crippen molar-refractivity contribution in [1.29, 1.82) is 0 Å². The van der Waals surface area contributed by atoms with Gasteiger partial charge in [-0.3, -0.25) is 9.69 Å². The number of hydrogen-bond acceptors (Lipinski definition) is 5. The molecule has 4 atom stereocenters. The van der Waals surface area contributed by atoms with Crippen LogP contribution in [0.15, 0.2) is 48.5 Å². The highest BCUT2D eigenvalue weighted by atomic mass is 35.5. The second-order valence-corrected chi connectivity index (χ2v) is 13.3. The number of fused-ring (bicyclic) bond motifs is 7. The number of nitrogens with one attached hydrogen (secondary N) is 1. The van der Waals surface area contributed by atoms with Crippen LogP contribution in [0.2, 0.25) is 10.0 Å². The Kier molecular flexibility index (Phi) is 7.26. The summed E-state index contributed by atoms with van der Waals surface area (Å²) in [4.78, 5) is 34.9. The van der Waals surface area contributed by atoms with Crippen LogP contribution in [0.4, 0.5) is 10.1 Å². The lowest BCUT2D eigenvalue weighted by molar-refractivity contribution is -0.128. The molecule has 0 unspecified atom stereocenters. The Morgan fingerprint density at radius 2 is 1.96 bits per heavy atom. The summed E-state index contributed by atoms with van der Waals surface area (Å²) in [5.41, 5.74) is 3.50. The van der Waals surface area contributed by atoms with E-state index in [9.17, 15) is 9.59 Å². The van der Waals surface area contributed by atoms with E-state index >= 15 is 4.39 Å². The lowest BCUT2D eigenvalue weighted by Gasteiger charge is -2.40. The van der Waals surface area contributed by atoms with Gasteiger partial charge in [-0.05, 0) is 80.5 Å². The molecular weight excluding hydrogens is 614 g/mol. The third-order valence-electron chi connectivity index (χ3n) is 10.2. The van der Waals surface area contributed by atoms with E-state index in [1.165, 1.54) is 0 Å². The summed E-state index contributed by atoms with van der Waals surface area (Å²) < 4.78 is 23.8. The molecule has 1 saturated heterocycles. The number of imidazole rings is 1. The number of benzene rings is 3. The zero-order chi connectivity index (χ0) is 30.5. The van der Waals surface area contributed by atoms with Crippen LogP contribution in [0.3, 0.4) is 0 Å². The van der Waals surface area contributed by atoms with E-state index in [-0.39, 0.29) is 42.9 Å². The van der Waals surface area contributed by atoms with E-state index in [2.05, 4.69) is 14.8 Å². The van der Waals surface area contributed by atoms with E-state index in [1.807, 2.05) is 19.1 Å². The molecule has 2 fully saturated rings. The number of aryl methyl sites for hydroxylation is 2. The summed E-state index contributed by atoms with van der Waals surface area (Å²) in [5.74, 6) is -0.795. The Morgan fingerprint density at radius 1 is 1.16 bits per heavy atom. The van der Waals surface area contributed by atoms with Crippen molar-refractivity contribution >= 4 is 51.8 Å². The van der Waals surface area contributed by atoms with E-state index in [1.54, 1.807) is 43.3 Å². The van der Waals surface area contributed by atoms with Crippen LogP contribution >= 0.6 is 23.2 Å². The molecule has 8 rings (SSSR count). The molecule has 1 aromatic heterocycles. The van der Waals surface area contributed by atoms with Gasteiger partial charge in [-0.1, -0.05) is 48.8 Å². The molecule has 7 nitrogen and oxygen atoms in total. The van der Waals surface area contributed by atoms with E-state index in [0.29, 0.717) is 39.8 Å². The quantitative estimate of drug-likeness (QED) is 0.223. The summed E-state index contributed by atoms with van der Waals surface area (Å²) in [7, 11) is 0. The number of hydrogen-bond donors (Lipinski definition) is 1. The van der Waals surface area contributed by atoms with Crippen molar-refractivity contribution < 1.29 is 18.7 Å². The number of rotatable bonds is 5. The Bertz CT molecular complexity index is 1890. The maximum absolute atomic E-state index is 16.3. The van der Waals surface area contributed by atoms with Gasteiger partial charge in [0.2, 0.25) is 5.91 Å². The fourth-order valence-electron chi connectivity index (χ4n) is 8.22. The average molecular weight is 650 g/mol. The highest BCUT2D eigenvalue weighted by Gasteiger charge is 2.69. The smallest absolute Gasteiger partial charge is 0.338 e. The predicted octanol–water partition coefficient (Wildman–Crippen LogP) is 7.82. The van der Waals surface area contributed by atoms with Crippen LogP contribution in [-0.4, -0.2) is 45.5 Å². The van der Waals surface area contributed by atoms with Gasteiger partial charge in [0.25, 0.3) is 0 Å². The molecule has 0 bridgehead atoms. The number of carbonyl (C=O) groups excluding carboxylic acids is 2. The lowest BCUT2D eigenvalue weighted by Crippen LogP contribution is -2.53. The molecule has 45 heavy (non-hydrogen) atoms. The molecule has 1 N–H and O–H groups in total. The molecular formula is C35H35Cl2FN4O3. The zero-order valence-corrected chi connectivity index (χ0v) is 25.9. The van der Waals surface area contributed by atoms with Crippen molar-refractivity contribution in [2.45, 2.75) is 70.5 Å². The number of anilines is 1. The molecule has 1 amide bonds. The average Bonchev–Trinajstić information content (AvgIpc) is 3.58. The molecule has 234 valence electrons. The molecule has 3 aromatic carbocycles. The normalized spacial score (nSPS) is 25.1. The third-order valence-corrected chi connectivity index (χ3v) is 10.7. The highest BCUT2D eigenvalue weighted by molar-refractivity contribution is 6.31. The maximum atomic E-state index is 16.3. The van der Waals surface area contributed by atoms with Gasteiger partial charge < -0.3 is 14.6 Å². The minimum absolute atomic E-state index is 0. The van der Waals surface area contributed by atoms with Gasteiger partial charge in [-0.25, -0.2) is 14.2 Å². The molecule has 1 aliphatic carbocycles. The van der Waals surface area contributed by atoms with Crippen LogP contribution < -0.4 is 5.32 Å². The van der Waals surface area contributed by atoms with Crippen molar-refractivity contribution in [1.82, 2.24) is 14.5 Å². The van der Waals surface area contributed by atoms with Crippen LogP contribution in [-0.2, 0) is 21.6 Å². The monoisotopic (exact) mass is 648 g/mol. The van der Waals surface area contributed by atoms with Gasteiger partial charge in [-0.2, -0.15) is 0 Å². The Hall–Kier alpha value is -3.46. The second kappa shape index (κ2) is 10.8. The van der Waals surface area contributed by atoms with Crippen LogP contribution in [0.1, 0.15) is 78.3 Å². The fourth-order valence-corrected chi connectivity index (χ4v) is 8.57. The molecule has 0 radical (unpaired) electrons. The van der Waals surface area contributed by atoms with Crippen LogP contribution in [0.5, 0.6) is 0 Å². The lowest BCUT2D eigenvalue weighted by atomic mass is 9.70. The Labute approximate surface area is 271 Å². The SMILES string of the molecule is C.CCOC(=O)c1ccc2c(nc3n2CC[C@H]2[C@@H]3[C@H](c3cccc(Cl)c3F)[C@]3(C(=O)Nc4cc(Cl)ccc43)N2CC2CC2)c1C. The zero-order valence-electron chi connectivity index (χ0n) is 24.4. The van der Waals surface area contributed by atoms with Gasteiger partial charge in [0.1, 0.15) is 17.2 Å². The number of esters is 1. The van der Waals surface area contributed by atoms with Crippen LogP contribution in [0, 0.1) is 18.7 Å². The number of ether oxygens (including phenoxy) is 1. The fraction of sp³-hybridized carbons (Fsp3) is 0.400. The first-order valence-corrected chi connectivity index (χ1v) is 16.0. The summed E-state index contributed by atoms with van der Waals surface area (Å²) >= 11 is 12.8. The second-order valence-electron chi connectivity index (χ2n) is 12.5. The van der Waals surface area contributed by atoms with E-state index in [0.717, 1.165) is 48.3 Å². The standard InChI is InChI=1S/C34H31Cl2FN4O3.CH4/c1-3-44-32(42)20-10-12-26-30(17(20)2)39-31-27-25(13-14-40(26)31)41(16-18-7-8-18)34(28(27)21-5-4-6-23(36)29(21)37)22-11-9-19(35)15-24(22)38-33(34)43;/h4-6,9-12,15,18,25,27-28H,3,7-8,13-14,16H2,1-2H3,(H,38,43);1H4/t25-,27+,28-,34+;/m0./s1. The molecule has 4 aliphatic rings. The number of halogens is 3. The maximum Gasteiger partial charge on any atom is 0.338 e. The van der Waals surface area contributed by atoms with Crippen LogP contribution in [0.25, 0.3) is 11.0 Å². The van der Waals surface area contributed by atoms with Crippen molar-refractivity contribution in [3.05, 3.63) is 92.5 Å². The Morgan fingerprint density at radius 3 is 2.71 bits per heavy atom. The molecule has 4 heterocycles. The van der Waals surface area contributed by atoms with Gasteiger partial charge in [0, 0.05) is 47.2 Å². The van der Waals surface area contributed by atoms with Crippen molar-refractivity contribution in [3.63, 3.8) is 0 Å². The van der Waals surface area contributed by atoms with E-state index in [4.69, 9.17) is 32.9 Å². The minimum Gasteiger partial charge on any atom is -0.462 e. The number of nitrogens with zero attached hydrogens (tertiary/aromatic N) is 3. The first-order valence-electron chi connectivity index (χ1n) is 15.2. The number of aromatic nitrogens is 2. The Balaban J connectivity index is 0.00000325. The summed E-state index contributed by atoms with van der Waals surface area (Å²) in [6.07, 6.45) is 2.96. The first-order chi connectivity index (χ1) is 21.2. The van der Waals surface area contributed by atoms with Gasteiger partial charge in [0.15, 0.2) is 0 Å². The number of amides is 1. The summed E-state index contributed by atoms with van der Waals surface area (Å²) in [5, 5.41) is 3.67. The summed E-state index contributed by atoms with van der Waals surface area (Å²) in [6, 6.07) is 14.2. The third kappa shape index (κ3) is 4.21. The molecule has 3 aliphatic heterocycles. The van der Waals surface area contributed by atoms with Crippen molar-refractivity contribution in [2.75, 3.05) is 18.5 Å². The van der Waals surface area contributed by atoms with Crippen molar-refractivity contribution in [3.8, 4) is 0 Å². The predicted molar refractivity (Wildman–Crippen MR) is 174 cm³/mol. The summed E-state index contributed by atoms with van der Waals surface area (Å²) in [6.45, 7) is 5.36. The first kappa shape index (κ1) is 30.2. The number of carbonyl (C=O) groups is 2. The molecule has 1 saturated carbocycles. The van der Waals surface area contributed by atoms with Gasteiger partial charge >= 0.3 is 5.97 Å². The number of likely N-dealkylation sites (tertiary alicyclic amines) is 1. The molecule has 10 heteroatoms. The highest BCUT2D eigenvalue weighted by Crippen LogP contribution is 2.64. The van der Waals surface area contributed by atoms with E-state index < -0.39 is 17.3 Å². The van der Waals surface area contributed by atoms with Crippen molar-refractivity contribution in [2.24, 2.45) is 5.92 Å². The topological polar surface area (TPSA) is 76.5 Å².